The van der Waals surface area contributed by atoms with Gasteiger partial charge in [0, 0.05) is 13.1 Å². The Morgan fingerprint density at radius 3 is 1.92 bits per heavy atom. The standard InChI is InChI=1S/C19H18N2O3/c1-3-13-20-17(22)16(18(23)21(14-4-2)19(20)24)12-8-11-15-9-6-5-7-10-15/h3-12H,1-2,13-14H2. The Balaban J connectivity index is 2.33. The summed E-state index contributed by atoms with van der Waals surface area (Å²) in [5.41, 5.74) is 0.873. The monoisotopic (exact) mass is 322 g/mol. The molecule has 1 aromatic rings. The molecule has 0 bridgehead atoms. The highest BCUT2D eigenvalue weighted by molar-refractivity contribution is 6.28. The minimum Gasteiger partial charge on any atom is -0.268 e. The van der Waals surface area contributed by atoms with Crippen molar-refractivity contribution in [1.82, 2.24) is 9.80 Å². The molecule has 5 nitrogen and oxygen atoms in total. The fourth-order valence-electron chi connectivity index (χ4n) is 2.24. The van der Waals surface area contributed by atoms with Crippen LogP contribution in [0.2, 0.25) is 0 Å². The Kier molecular flexibility index (Phi) is 5.63. The molecule has 0 saturated carbocycles. The summed E-state index contributed by atoms with van der Waals surface area (Å²) in [6.07, 6.45) is 7.70. The van der Waals surface area contributed by atoms with Crippen LogP contribution in [0.3, 0.4) is 0 Å². The number of hydrogen-bond donors (Lipinski definition) is 0. The molecule has 1 aromatic carbocycles. The highest BCUT2D eigenvalue weighted by Crippen LogP contribution is 2.18. The van der Waals surface area contributed by atoms with Gasteiger partial charge in [0.2, 0.25) is 0 Å². The maximum atomic E-state index is 12.4. The number of benzene rings is 1. The Morgan fingerprint density at radius 2 is 1.42 bits per heavy atom. The lowest BCUT2D eigenvalue weighted by atomic mass is 10.1. The van der Waals surface area contributed by atoms with E-state index in [0.29, 0.717) is 0 Å². The van der Waals surface area contributed by atoms with Gasteiger partial charge in [-0.3, -0.25) is 19.4 Å². The average Bonchev–Trinajstić information content (AvgIpc) is 2.59. The maximum absolute atomic E-state index is 12.4. The molecular formula is C19H18N2O3. The highest BCUT2D eigenvalue weighted by Gasteiger charge is 2.40. The van der Waals surface area contributed by atoms with Gasteiger partial charge < -0.3 is 0 Å². The third-order valence-electron chi connectivity index (χ3n) is 3.39. The van der Waals surface area contributed by atoms with Crippen LogP contribution in [0.1, 0.15) is 5.56 Å². The lowest BCUT2D eigenvalue weighted by Gasteiger charge is -2.32. The molecule has 0 spiro atoms. The molecule has 1 fully saturated rings. The first-order valence-electron chi connectivity index (χ1n) is 7.43. The number of rotatable bonds is 6. The van der Waals surface area contributed by atoms with Gasteiger partial charge in [0.05, 0.1) is 0 Å². The van der Waals surface area contributed by atoms with Crippen molar-refractivity contribution in [1.29, 1.82) is 0 Å². The number of amides is 4. The van der Waals surface area contributed by atoms with E-state index in [1.807, 2.05) is 30.3 Å². The number of allylic oxidation sites excluding steroid dienone is 2. The Bertz CT molecular complexity index is 698. The van der Waals surface area contributed by atoms with Gasteiger partial charge in [0.1, 0.15) is 5.57 Å². The van der Waals surface area contributed by atoms with Crippen LogP contribution in [0.25, 0.3) is 6.08 Å². The zero-order valence-electron chi connectivity index (χ0n) is 13.2. The quantitative estimate of drug-likeness (QED) is 0.460. The predicted octanol–water partition coefficient (Wildman–Crippen LogP) is 2.79. The van der Waals surface area contributed by atoms with Crippen LogP contribution >= 0.6 is 0 Å². The molecule has 24 heavy (non-hydrogen) atoms. The summed E-state index contributed by atoms with van der Waals surface area (Å²) in [6, 6.07) is 8.82. The number of carbonyl (C=O) groups excluding carboxylic acids is 3. The van der Waals surface area contributed by atoms with Gasteiger partial charge in [0.25, 0.3) is 11.8 Å². The first kappa shape index (κ1) is 17.1. The lowest BCUT2D eigenvalue weighted by Crippen LogP contribution is -2.56. The van der Waals surface area contributed by atoms with E-state index >= 15 is 0 Å². The first-order chi connectivity index (χ1) is 11.6. The zero-order valence-corrected chi connectivity index (χ0v) is 13.2. The summed E-state index contributed by atoms with van der Waals surface area (Å²) in [7, 11) is 0. The van der Waals surface area contributed by atoms with Gasteiger partial charge in [0.15, 0.2) is 0 Å². The number of imide groups is 2. The molecule has 122 valence electrons. The summed E-state index contributed by atoms with van der Waals surface area (Å²) < 4.78 is 0. The Morgan fingerprint density at radius 1 is 0.875 bits per heavy atom. The van der Waals surface area contributed by atoms with E-state index in [1.165, 1.54) is 18.2 Å². The third kappa shape index (κ3) is 3.57. The van der Waals surface area contributed by atoms with E-state index in [1.54, 1.807) is 12.2 Å². The van der Waals surface area contributed by atoms with E-state index in [9.17, 15) is 14.4 Å². The van der Waals surface area contributed by atoms with Crippen molar-refractivity contribution in [2.24, 2.45) is 0 Å². The van der Waals surface area contributed by atoms with Gasteiger partial charge >= 0.3 is 6.03 Å². The van der Waals surface area contributed by atoms with E-state index in [4.69, 9.17) is 0 Å². The molecule has 0 atom stereocenters. The number of barbiturate groups is 1. The van der Waals surface area contributed by atoms with Gasteiger partial charge in [-0.05, 0) is 11.6 Å². The molecule has 5 heteroatoms. The van der Waals surface area contributed by atoms with Crippen molar-refractivity contribution in [3.05, 3.63) is 78.9 Å². The fraction of sp³-hybridized carbons (Fsp3) is 0.105. The maximum Gasteiger partial charge on any atom is 0.334 e. The first-order valence-corrected chi connectivity index (χ1v) is 7.43. The number of urea groups is 1. The fourth-order valence-corrected chi connectivity index (χ4v) is 2.24. The third-order valence-corrected chi connectivity index (χ3v) is 3.39. The Labute approximate surface area is 140 Å². The van der Waals surface area contributed by atoms with Crippen molar-refractivity contribution in [3.63, 3.8) is 0 Å². The summed E-state index contributed by atoms with van der Waals surface area (Å²) in [5.74, 6) is -1.24. The van der Waals surface area contributed by atoms with Crippen LogP contribution in [0.4, 0.5) is 4.79 Å². The molecule has 1 saturated heterocycles. The number of hydrogen-bond acceptors (Lipinski definition) is 3. The minimum atomic E-state index is -0.658. The predicted molar refractivity (Wildman–Crippen MR) is 92.8 cm³/mol. The molecule has 1 aliphatic rings. The number of carbonyl (C=O) groups is 3. The van der Waals surface area contributed by atoms with E-state index in [2.05, 4.69) is 13.2 Å². The molecule has 1 heterocycles. The second-order valence-corrected chi connectivity index (χ2v) is 5.04. The van der Waals surface area contributed by atoms with Gasteiger partial charge in [-0.25, -0.2) is 4.79 Å². The largest absolute Gasteiger partial charge is 0.334 e. The van der Waals surface area contributed by atoms with E-state index in [-0.39, 0.29) is 18.7 Å². The molecule has 0 aliphatic carbocycles. The SMILES string of the molecule is C=CCN1C(=O)C(=CC=Cc2ccccc2)C(=O)N(CC=C)C1=O. The topological polar surface area (TPSA) is 57.7 Å². The second kappa shape index (κ2) is 7.87. The van der Waals surface area contributed by atoms with Gasteiger partial charge in [-0.15, -0.1) is 13.2 Å². The van der Waals surface area contributed by atoms with E-state index < -0.39 is 17.8 Å². The Hall–Kier alpha value is -3.21. The molecule has 0 radical (unpaired) electrons. The van der Waals surface area contributed by atoms with Crippen LogP contribution in [0.15, 0.2) is 73.4 Å². The minimum absolute atomic E-state index is 0.0400. The second-order valence-electron chi connectivity index (χ2n) is 5.04. The van der Waals surface area contributed by atoms with Crippen molar-refractivity contribution >= 4 is 23.9 Å². The van der Waals surface area contributed by atoms with Crippen molar-refractivity contribution < 1.29 is 14.4 Å². The molecule has 2 rings (SSSR count). The summed E-state index contributed by atoms with van der Waals surface area (Å²) in [4.78, 5) is 39.0. The van der Waals surface area contributed by atoms with Crippen molar-refractivity contribution in [2.45, 2.75) is 0 Å². The molecule has 1 aliphatic heterocycles. The van der Waals surface area contributed by atoms with E-state index in [0.717, 1.165) is 15.4 Å². The van der Waals surface area contributed by atoms with Crippen molar-refractivity contribution in [3.8, 4) is 0 Å². The van der Waals surface area contributed by atoms with Crippen LogP contribution in [0, 0.1) is 0 Å². The van der Waals surface area contributed by atoms with Crippen LogP contribution in [0.5, 0.6) is 0 Å². The summed E-state index contributed by atoms with van der Waals surface area (Å²) in [6.45, 7) is 7.15. The van der Waals surface area contributed by atoms with Crippen molar-refractivity contribution in [2.75, 3.05) is 13.1 Å². The molecular weight excluding hydrogens is 304 g/mol. The van der Waals surface area contributed by atoms with Crippen LogP contribution < -0.4 is 0 Å². The van der Waals surface area contributed by atoms with Gasteiger partial charge in [-0.1, -0.05) is 54.6 Å². The normalized spacial score (nSPS) is 15.2. The van der Waals surface area contributed by atoms with Crippen LogP contribution in [-0.4, -0.2) is 40.7 Å². The summed E-state index contributed by atoms with van der Waals surface area (Å²) >= 11 is 0. The zero-order chi connectivity index (χ0) is 17.5. The van der Waals surface area contributed by atoms with Crippen LogP contribution in [-0.2, 0) is 9.59 Å². The summed E-state index contributed by atoms with van der Waals surface area (Å²) in [5, 5.41) is 0. The lowest BCUT2D eigenvalue weighted by molar-refractivity contribution is -0.135. The van der Waals surface area contributed by atoms with Gasteiger partial charge in [-0.2, -0.15) is 0 Å². The molecule has 0 aromatic heterocycles. The highest BCUT2D eigenvalue weighted by atomic mass is 16.2. The smallest absolute Gasteiger partial charge is 0.268 e. The molecule has 4 amide bonds. The molecule has 0 N–H and O–H groups in total. The molecule has 0 unspecified atom stereocenters. The number of nitrogens with zero attached hydrogens (tertiary/aromatic N) is 2. The average molecular weight is 322 g/mol.